The van der Waals surface area contributed by atoms with Crippen molar-refractivity contribution in [1.29, 1.82) is 0 Å². The van der Waals surface area contributed by atoms with Gasteiger partial charge in [0.05, 0.1) is 12.8 Å². The van der Waals surface area contributed by atoms with E-state index >= 15 is 0 Å². The zero-order chi connectivity index (χ0) is 15.9. The number of amides is 2. The Morgan fingerprint density at radius 1 is 1.14 bits per heavy atom. The number of halogens is 2. The first-order chi connectivity index (χ1) is 10.6. The molecule has 0 heterocycles. The van der Waals surface area contributed by atoms with Crippen LogP contribution in [0.5, 0.6) is 5.75 Å². The average molecular weight is 304 g/mol. The predicted octanol–water partition coefficient (Wildman–Crippen LogP) is 3.77. The molecule has 0 aliphatic rings. The Hall–Kier alpha value is -2.89. The Morgan fingerprint density at radius 3 is 2.55 bits per heavy atom. The second kappa shape index (κ2) is 7.21. The first-order valence-corrected chi connectivity index (χ1v) is 6.41. The highest BCUT2D eigenvalue weighted by Crippen LogP contribution is 2.15. The monoisotopic (exact) mass is 304 g/mol. The topological polar surface area (TPSA) is 50.4 Å². The summed E-state index contributed by atoms with van der Waals surface area (Å²) in [7, 11) is 1.57. The van der Waals surface area contributed by atoms with Crippen LogP contribution in [0, 0.1) is 11.6 Å². The van der Waals surface area contributed by atoms with Crippen LogP contribution in [0.2, 0.25) is 0 Å². The summed E-state index contributed by atoms with van der Waals surface area (Å²) in [6, 6.07) is 9.32. The number of anilines is 1. The van der Waals surface area contributed by atoms with Crippen molar-refractivity contribution in [2.24, 2.45) is 0 Å². The van der Waals surface area contributed by atoms with Gasteiger partial charge in [0.1, 0.15) is 17.4 Å². The zero-order valence-electron chi connectivity index (χ0n) is 11.8. The summed E-state index contributed by atoms with van der Waals surface area (Å²) in [6.45, 7) is 0. The van der Waals surface area contributed by atoms with Gasteiger partial charge < -0.3 is 15.4 Å². The van der Waals surface area contributed by atoms with Crippen molar-refractivity contribution in [3.05, 3.63) is 65.9 Å². The summed E-state index contributed by atoms with van der Waals surface area (Å²) < 4.78 is 31.3. The molecule has 0 unspecified atom stereocenters. The molecule has 22 heavy (non-hydrogen) atoms. The van der Waals surface area contributed by atoms with Crippen LogP contribution in [-0.4, -0.2) is 13.1 Å². The molecule has 0 radical (unpaired) electrons. The van der Waals surface area contributed by atoms with E-state index in [0.717, 1.165) is 29.5 Å². The fourth-order valence-electron chi connectivity index (χ4n) is 1.68. The fraction of sp³-hybridized carbons (Fsp3) is 0.0625. The number of ether oxygens (including phenoxy) is 1. The van der Waals surface area contributed by atoms with Gasteiger partial charge in [0.2, 0.25) is 0 Å². The molecule has 0 saturated heterocycles. The van der Waals surface area contributed by atoms with Gasteiger partial charge in [0.15, 0.2) is 0 Å². The van der Waals surface area contributed by atoms with E-state index in [9.17, 15) is 13.6 Å². The van der Waals surface area contributed by atoms with Crippen LogP contribution in [-0.2, 0) is 0 Å². The summed E-state index contributed by atoms with van der Waals surface area (Å²) in [5, 5.41) is 4.62. The third-order valence-corrected chi connectivity index (χ3v) is 2.78. The minimum absolute atomic E-state index is 0.227. The maximum atomic E-state index is 13.3. The van der Waals surface area contributed by atoms with Crippen LogP contribution in [0.25, 0.3) is 6.08 Å². The van der Waals surface area contributed by atoms with E-state index in [2.05, 4.69) is 10.6 Å². The molecule has 0 aliphatic heterocycles. The molecule has 114 valence electrons. The lowest BCUT2D eigenvalue weighted by Crippen LogP contribution is -2.24. The van der Waals surface area contributed by atoms with E-state index in [1.165, 1.54) is 6.20 Å². The van der Waals surface area contributed by atoms with Gasteiger partial charge in [0.25, 0.3) is 0 Å². The van der Waals surface area contributed by atoms with Crippen molar-refractivity contribution in [1.82, 2.24) is 5.32 Å². The summed E-state index contributed by atoms with van der Waals surface area (Å²) in [6.07, 6.45) is 3.05. The molecule has 0 bridgehead atoms. The highest BCUT2D eigenvalue weighted by molar-refractivity contribution is 5.90. The maximum absolute atomic E-state index is 13.3. The van der Waals surface area contributed by atoms with Crippen molar-refractivity contribution in [3.63, 3.8) is 0 Å². The summed E-state index contributed by atoms with van der Waals surface area (Å²) in [5.41, 5.74) is 0.619. The zero-order valence-corrected chi connectivity index (χ0v) is 11.8. The van der Waals surface area contributed by atoms with Gasteiger partial charge in [0, 0.05) is 12.3 Å². The van der Waals surface area contributed by atoms with E-state index in [-0.39, 0.29) is 5.69 Å². The molecule has 2 N–H and O–H groups in total. The Balaban J connectivity index is 1.91. The van der Waals surface area contributed by atoms with Gasteiger partial charge in [-0.05, 0) is 35.9 Å². The van der Waals surface area contributed by atoms with Crippen LogP contribution < -0.4 is 15.4 Å². The van der Waals surface area contributed by atoms with Crippen LogP contribution in [0.1, 0.15) is 5.56 Å². The molecule has 2 aromatic rings. The number of carbonyl (C=O) groups excluding carboxylic acids is 1. The molecule has 2 amide bonds. The molecule has 0 atom stereocenters. The predicted molar refractivity (Wildman–Crippen MR) is 80.5 cm³/mol. The number of urea groups is 1. The number of nitrogens with one attached hydrogen (secondary N) is 2. The minimum Gasteiger partial charge on any atom is -0.497 e. The number of hydrogen-bond donors (Lipinski definition) is 2. The smallest absolute Gasteiger partial charge is 0.323 e. The standard InChI is InChI=1S/C16H14F2N2O2/c1-22-13-5-2-11(3-6-13)8-9-19-16(21)20-15-10-12(17)4-7-14(15)18/h2-10H,1H3,(H2,19,20,21)/b9-8+. The number of rotatable bonds is 4. The largest absolute Gasteiger partial charge is 0.497 e. The Labute approximate surface area is 126 Å². The maximum Gasteiger partial charge on any atom is 0.323 e. The first-order valence-electron chi connectivity index (χ1n) is 6.41. The summed E-state index contributed by atoms with van der Waals surface area (Å²) in [5.74, 6) is -0.620. The van der Waals surface area contributed by atoms with E-state index in [1.54, 1.807) is 37.5 Å². The second-order valence-electron chi connectivity index (χ2n) is 4.33. The Kier molecular flexibility index (Phi) is 5.08. The quantitative estimate of drug-likeness (QED) is 0.903. The normalized spacial score (nSPS) is 10.5. The van der Waals surface area contributed by atoms with Crippen molar-refractivity contribution < 1.29 is 18.3 Å². The Bertz CT molecular complexity index is 685. The molecule has 0 spiro atoms. The third kappa shape index (κ3) is 4.31. The molecule has 6 heteroatoms. The van der Waals surface area contributed by atoms with Gasteiger partial charge >= 0.3 is 6.03 Å². The molecule has 0 saturated carbocycles. The first kappa shape index (κ1) is 15.5. The summed E-state index contributed by atoms with van der Waals surface area (Å²) in [4.78, 5) is 11.6. The highest BCUT2D eigenvalue weighted by atomic mass is 19.1. The van der Waals surface area contributed by atoms with Gasteiger partial charge in [-0.2, -0.15) is 0 Å². The van der Waals surface area contributed by atoms with Gasteiger partial charge in [-0.3, -0.25) is 0 Å². The molecule has 2 rings (SSSR count). The van der Waals surface area contributed by atoms with Crippen molar-refractivity contribution >= 4 is 17.8 Å². The molecule has 0 aliphatic carbocycles. The van der Waals surface area contributed by atoms with Crippen molar-refractivity contribution in [2.45, 2.75) is 0 Å². The molecule has 0 aromatic heterocycles. The second-order valence-corrected chi connectivity index (χ2v) is 4.33. The van der Waals surface area contributed by atoms with Crippen molar-refractivity contribution in [2.75, 3.05) is 12.4 Å². The number of hydrogen-bond acceptors (Lipinski definition) is 2. The van der Waals surface area contributed by atoms with E-state index in [4.69, 9.17) is 4.74 Å². The van der Waals surface area contributed by atoms with Crippen molar-refractivity contribution in [3.8, 4) is 5.75 Å². The number of carbonyl (C=O) groups is 1. The fourth-order valence-corrected chi connectivity index (χ4v) is 1.68. The lowest BCUT2D eigenvalue weighted by Gasteiger charge is -2.05. The van der Waals surface area contributed by atoms with Crippen LogP contribution >= 0.6 is 0 Å². The van der Waals surface area contributed by atoms with E-state index in [1.807, 2.05) is 0 Å². The van der Waals surface area contributed by atoms with Gasteiger partial charge in [-0.1, -0.05) is 12.1 Å². The van der Waals surface area contributed by atoms with E-state index in [0.29, 0.717) is 0 Å². The van der Waals surface area contributed by atoms with Crippen LogP contribution in [0.3, 0.4) is 0 Å². The van der Waals surface area contributed by atoms with E-state index < -0.39 is 17.7 Å². The lowest BCUT2D eigenvalue weighted by atomic mass is 10.2. The SMILES string of the molecule is COc1ccc(/C=C/NC(=O)Nc2cc(F)ccc2F)cc1. The van der Waals surface area contributed by atoms with Gasteiger partial charge in [-0.15, -0.1) is 0 Å². The summed E-state index contributed by atoms with van der Waals surface area (Å²) >= 11 is 0. The minimum atomic E-state index is -0.712. The molecular weight excluding hydrogens is 290 g/mol. The number of benzene rings is 2. The number of methoxy groups -OCH3 is 1. The van der Waals surface area contributed by atoms with Crippen LogP contribution in [0.4, 0.5) is 19.3 Å². The van der Waals surface area contributed by atoms with Crippen LogP contribution in [0.15, 0.2) is 48.7 Å². The van der Waals surface area contributed by atoms with Gasteiger partial charge in [-0.25, -0.2) is 13.6 Å². The molecule has 0 fully saturated rings. The molecule has 4 nitrogen and oxygen atoms in total. The highest BCUT2D eigenvalue weighted by Gasteiger charge is 2.06. The third-order valence-electron chi connectivity index (χ3n) is 2.78. The average Bonchev–Trinajstić information content (AvgIpc) is 2.51. The molecule has 2 aromatic carbocycles. The lowest BCUT2D eigenvalue weighted by molar-refractivity contribution is 0.255. The Morgan fingerprint density at radius 2 is 1.86 bits per heavy atom. The molecular formula is C16H14F2N2O2.